The van der Waals surface area contributed by atoms with Gasteiger partial charge in [-0.1, -0.05) is 6.92 Å². The number of hydrogen-bond donors (Lipinski definition) is 3. The summed E-state index contributed by atoms with van der Waals surface area (Å²) < 4.78 is 0. The Hall–Kier alpha value is -2.44. The number of aromatic carboxylic acids is 1. The lowest BCUT2D eigenvalue weighted by molar-refractivity contribution is -0.120. The van der Waals surface area contributed by atoms with E-state index in [1.54, 1.807) is 0 Å². The second kappa shape index (κ2) is 7.10. The van der Waals surface area contributed by atoms with Crippen LogP contribution in [0.1, 0.15) is 34.2 Å². The third-order valence-electron chi connectivity index (χ3n) is 2.23. The molecule has 0 radical (unpaired) electrons. The number of nitrogens with zero attached hydrogens (tertiary/aromatic N) is 1. The van der Waals surface area contributed by atoms with Crippen molar-refractivity contribution in [3.63, 3.8) is 0 Å². The van der Waals surface area contributed by atoms with Crippen molar-refractivity contribution < 1.29 is 19.5 Å². The maximum Gasteiger partial charge on any atom is 0.354 e. The SMILES string of the molecule is CCCNC(=O)CNC(=O)c1ccc(C(=O)O)nc1. The molecule has 1 aromatic heterocycles. The molecule has 0 aliphatic heterocycles. The molecule has 0 aliphatic rings. The standard InChI is InChI=1S/C12H15N3O4/c1-2-5-13-10(16)7-15-11(17)8-3-4-9(12(18)19)14-6-8/h3-4,6H,2,5,7H2,1H3,(H,13,16)(H,15,17)(H,18,19). The van der Waals surface area contributed by atoms with Crippen LogP contribution in [0.3, 0.4) is 0 Å². The third-order valence-corrected chi connectivity index (χ3v) is 2.23. The molecule has 0 saturated carbocycles. The van der Waals surface area contributed by atoms with E-state index >= 15 is 0 Å². The van der Waals surface area contributed by atoms with Crippen LogP contribution in [0.5, 0.6) is 0 Å². The number of carboxylic acids is 1. The molecule has 0 bridgehead atoms. The van der Waals surface area contributed by atoms with Crippen LogP contribution in [0.2, 0.25) is 0 Å². The lowest BCUT2D eigenvalue weighted by Crippen LogP contribution is -2.37. The second-order valence-corrected chi connectivity index (χ2v) is 3.77. The van der Waals surface area contributed by atoms with Crippen molar-refractivity contribution in [3.05, 3.63) is 29.6 Å². The fraction of sp³-hybridized carbons (Fsp3) is 0.333. The van der Waals surface area contributed by atoms with E-state index in [0.717, 1.165) is 12.6 Å². The Bertz CT molecular complexity index is 470. The van der Waals surface area contributed by atoms with E-state index in [-0.39, 0.29) is 23.7 Å². The monoisotopic (exact) mass is 265 g/mol. The fourth-order valence-corrected chi connectivity index (χ4v) is 1.24. The molecule has 0 atom stereocenters. The van der Waals surface area contributed by atoms with Gasteiger partial charge in [-0.05, 0) is 18.6 Å². The number of pyridine rings is 1. The van der Waals surface area contributed by atoms with Gasteiger partial charge in [0.1, 0.15) is 5.69 Å². The lowest BCUT2D eigenvalue weighted by Gasteiger charge is -2.05. The molecule has 0 saturated heterocycles. The van der Waals surface area contributed by atoms with Crippen LogP contribution >= 0.6 is 0 Å². The summed E-state index contributed by atoms with van der Waals surface area (Å²) in [6.07, 6.45) is 1.98. The molecule has 102 valence electrons. The van der Waals surface area contributed by atoms with Gasteiger partial charge in [0.2, 0.25) is 5.91 Å². The number of rotatable bonds is 6. The van der Waals surface area contributed by atoms with Crippen molar-refractivity contribution in [1.29, 1.82) is 0 Å². The molecule has 2 amide bonds. The molecule has 0 fully saturated rings. The Morgan fingerprint density at radius 1 is 1.26 bits per heavy atom. The van der Waals surface area contributed by atoms with Gasteiger partial charge >= 0.3 is 5.97 Å². The minimum atomic E-state index is -1.16. The average Bonchev–Trinajstić information content (AvgIpc) is 2.42. The van der Waals surface area contributed by atoms with Gasteiger partial charge in [0.05, 0.1) is 12.1 Å². The predicted octanol–water partition coefficient (Wildman–Crippen LogP) is 0.0358. The molecule has 7 heteroatoms. The summed E-state index contributed by atoms with van der Waals surface area (Å²) in [5.41, 5.74) is 0.0607. The molecule has 19 heavy (non-hydrogen) atoms. The minimum absolute atomic E-state index is 0.125. The molecule has 0 aliphatic carbocycles. The zero-order valence-electron chi connectivity index (χ0n) is 10.5. The van der Waals surface area contributed by atoms with E-state index in [9.17, 15) is 14.4 Å². The third kappa shape index (κ3) is 4.74. The smallest absolute Gasteiger partial charge is 0.354 e. The largest absolute Gasteiger partial charge is 0.477 e. The number of nitrogens with one attached hydrogen (secondary N) is 2. The number of carbonyl (C=O) groups is 3. The number of aromatic nitrogens is 1. The Kier molecular flexibility index (Phi) is 5.46. The highest BCUT2D eigenvalue weighted by molar-refractivity contribution is 5.96. The molecule has 1 heterocycles. The van der Waals surface area contributed by atoms with Gasteiger partial charge in [-0.3, -0.25) is 9.59 Å². The maximum atomic E-state index is 11.6. The first-order valence-corrected chi connectivity index (χ1v) is 5.78. The van der Waals surface area contributed by atoms with Gasteiger partial charge in [0.15, 0.2) is 0 Å². The van der Waals surface area contributed by atoms with Gasteiger partial charge in [-0.15, -0.1) is 0 Å². The van der Waals surface area contributed by atoms with Crippen molar-refractivity contribution in [2.45, 2.75) is 13.3 Å². The molecular formula is C12H15N3O4. The number of carboxylic acid groups (broad SMARTS) is 1. The summed E-state index contributed by atoms with van der Waals surface area (Å²) >= 11 is 0. The Morgan fingerprint density at radius 3 is 2.53 bits per heavy atom. The quantitative estimate of drug-likeness (QED) is 0.672. The van der Waals surface area contributed by atoms with Crippen molar-refractivity contribution in [2.24, 2.45) is 0 Å². The Labute approximate surface area is 110 Å². The number of carbonyl (C=O) groups excluding carboxylic acids is 2. The molecule has 7 nitrogen and oxygen atoms in total. The number of amides is 2. The maximum absolute atomic E-state index is 11.6. The molecule has 1 rings (SSSR count). The first-order chi connectivity index (χ1) is 9.04. The lowest BCUT2D eigenvalue weighted by atomic mass is 10.2. The topological polar surface area (TPSA) is 108 Å². The summed E-state index contributed by atoms with van der Waals surface area (Å²) in [6, 6.07) is 2.57. The average molecular weight is 265 g/mol. The zero-order chi connectivity index (χ0) is 14.3. The Morgan fingerprint density at radius 2 is 2.00 bits per heavy atom. The van der Waals surface area contributed by atoms with Gasteiger partial charge in [-0.25, -0.2) is 9.78 Å². The highest BCUT2D eigenvalue weighted by Gasteiger charge is 2.10. The minimum Gasteiger partial charge on any atom is -0.477 e. The molecule has 0 spiro atoms. The van der Waals surface area contributed by atoms with E-state index in [4.69, 9.17) is 5.11 Å². The second-order valence-electron chi connectivity index (χ2n) is 3.77. The van der Waals surface area contributed by atoms with Crippen LogP contribution in [0, 0.1) is 0 Å². The van der Waals surface area contributed by atoms with Crippen LogP contribution in [0.15, 0.2) is 18.3 Å². The van der Waals surface area contributed by atoms with Crippen molar-refractivity contribution in [3.8, 4) is 0 Å². The normalized spacial score (nSPS) is 9.74. The van der Waals surface area contributed by atoms with E-state index in [0.29, 0.717) is 6.54 Å². The molecule has 0 unspecified atom stereocenters. The number of hydrogen-bond acceptors (Lipinski definition) is 4. The Balaban J connectivity index is 2.49. The fourth-order valence-electron chi connectivity index (χ4n) is 1.24. The van der Waals surface area contributed by atoms with Crippen LogP contribution in [0.25, 0.3) is 0 Å². The van der Waals surface area contributed by atoms with Crippen molar-refractivity contribution in [2.75, 3.05) is 13.1 Å². The van der Waals surface area contributed by atoms with Gasteiger partial charge in [0.25, 0.3) is 5.91 Å². The van der Waals surface area contributed by atoms with Crippen LogP contribution in [0.4, 0.5) is 0 Å². The first kappa shape index (κ1) is 14.6. The summed E-state index contributed by atoms with van der Waals surface area (Å²) in [6.45, 7) is 2.36. The highest BCUT2D eigenvalue weighted by atomic mass is 16.4. The van der Waals surface area contributed by atoms with Crippen LogP contribution in [-0.4, -0.2) is 41.0 Å². The van der Waals surface area contributed by atoms with Crippen LogP contribution < -0.4 is 10.6 Å². The van der Waals surface area contributed by atoms with Crippen molar-refractivity contribution >= 4 is 17.8 Å². The van der Waals surface area contributed by atoms with Gasteiger partial charge in [-0.2, -0.15) is 0 Å². The van der Waals surface area contributed by atoms with E-state index in [1.807, 2.05) is 6.92 Å². The van der Waals surface area contributed by atoms with E-state index in [2.05, 4.69) is 15.6 Å². The van der Waals surface area contributed by atoms with E-state index in [1.165, 1.54) is 12.1 Å². The highest BCUT2D eigenvalue weighted by Crippen LogP contribution is 2.00. The van der Waals surface area contributed by atoms with Gasteiger partial charge in [0, 0.05) is 12.7 Å². The van der Waals surface area contributed by atoms with Crippen molar-refractivity contribution in [1.82, 2.24) is 15.6 Å². The predicted molar refractivity (Wildman–Crippen MR) is 66.8 cm³/mol. The molecule has 1 aromatic rings. The van der Waals surface area contributed by atoms with Crippen LogP contribution in [-0.2, 0) is 4.79 Å². The zero-order valence-corrected chi connectivity index (χ0v) is 10.5. The van der Waals surface area contributed by atoms with Gasteiger partial charge < -0.3 is 15.7 Å². The summed E-state index contributed by atoms with van der Waals surface area (Å²) in [4.78, 5) is 37.1. The first-order valence-electron chi connectivity index (χ1n) is 5.78. The van der Waals surface area contributed by atoms with E-state index < -0.39 is 11.9 Å². The molecule has 0 aromatic carbocycles. The summed E-state index contributed by atoms with van der Waals surface area (Å²) in [5.74, 6) is -1.91. The summed E-state index contributed by atoms with van der Waals surface area (Å²) in [7, 11) is 0. The molecular weight excluding hydrogens is 250 g/mol. The molecule has 3 N–H and O–H groups in total. The summed E-state index contributed by atoms with van der Waals surface area (Å²) in [5, 5.41) is 13.7.